The Labute approximate surface area is 154 Å². The summed E-state index contributed by atoms with van der Waals surface area (Å²) in [6, 6.07) is 12.2. The van der Waals surface area contributed by atoms with Gasteiger partial charge in [0.25, 0.3) is 0 Å². The molecule has 1 N–H and O–H groups in total. The molecule has 0 fully saturated rings. The van der Waals surface area contributed by atoms with E-state index in [1.54, 1.807) is 24.3 Å². The van der Waals surface area contributed by atoms with Crippen molar-refractivity contribution < 1.29 is 17.9 Å². The third-order valence-corrected chi connectivity index (χ3v) is 5.39. The molecular weight excluding hydrogens is 352 g/mol. The Morgan fingerprint density at radius 1 is 1.12 bits per heavy atom. The maximum atomic E-state index is 12.4. The fraction of sp³-hybridized carbons (Fsp3) is 0.316. The summed E-state index contributed by atoms with van der Waals surface area (Å²) in [6.07, 6.45) is 0. The molecule has 2 aromatic rings. The number of rotatable bonds is 7. The van der Waals surface area contributed by atoms with Crippen LogP contribution in [-0.2, 0) is 14.8 Å². The molecule has 26 heavy (non-hydrogen) atoms. The standard InChI is InChI=1S/C19H24N2O4S/c1-14-6-5-7-17(12-14)26(23,24)20-10-11-21(16(3)22)18-13-15(2)8-9-19(18)25-4/h5-9,12-13,20H,10-11H2,1-4H3. The fourth-order valence-electron chi connectivity index (χ4n) is 2.62. The molecule has 2 rings (SSSR count). The zero-order valence-corrected chi connectivity index (χ0v) is 16.3. The molecule has 0 aliphatic carbocycles. The van der Waals surface area contributed by atoms with Crippen molar-refractivity contribution in [2.45, 2.75) is 25.7 Å². The van der Waals surface area contributed by atoms with Crippen molar-refractivity contribution in [2.24, 2.45) is 0 Å². The minimum atomic E-state index is -3.63. The van der Waals surface area contributed by atoms with Gasteiger partial charge in [-0.3, -0.25) is 4.79 Å². The fourth-order valence-corrected chi connectivity index (χ4v) is 3.74. The summed E-state index contributed by atoms with van der Waals surface area (Å²) in [5.41, 5.74) is 2.46. The van der Waals surface area contributed by atoms with Crippen LogP contribution in [0.1, 0.15) is 18.1 Å². The summed E-state index contributed by atoms with van der Waals surface area (Å²) < 4.78 is 32.7. The Hall–Kier alpha value is -2.38. The monoisotopic (exact) mass is 376 g/mol. The topological polar surface area (TPSA) is 75.7 Å². The molecule has 0 unspecified atom stereocenters. The lowest BCUT2D eigenvalue weighted by molar-refractivity contribution is -0.116. The van der Waals surface area contributed by atoms with Crippen LogP contribution in [0.2, 0.25) is 0 Å². The van der Waals surface area contributed by atoms with Gasteiger partial charge in [-0.15, -0.1) is 0 Å². The van der Waals surface area contributed by atoms with E-state index in [1.807, 2.05) is 32.0 Å². The second-order valence-corrected chi connectivity index (χ2v) is 7.83. The number of hydrogen-bond donors (Lipinski definition) is 1. The zero-order chi connectivity index (χ0) is 19.3. The van der Waals surface area contributed by atoms with Crippen LogP contribution < -0.4 is 14.4 Å². The molecule has 0 radical (unpaired) electrons. The number of anilines is 1. The summed E-state index contributed by atoms with van der Waals surface area (Å²) in [4.78, 5) is 13.8. The molecule has 7 heteroatoms. The Kier molecular flexibility index (Phi) is 6.39. The number of benzene rings is 2. The van der Waals surface area contributed by atoms with Gasteiger partial charge in [-0.25, -0.2) is 13.1 Å². The second kappa shape index (κ2) is 8.33. The van der Waals surface area contributed by atoms with Crippen LogP contribution in [0.4, 0.5) is 5.69 Å². The van der Waals surface area contributed by atoms with Gasteiger partial charge in [-0.1, -0.05) is 18.2 Å². The van der Waals surface area contributed by atoms with Crippen LogP contribution >= 0.6 is 0 Å². The van der Waals surface area contributed by atoms with E-state index in [0.29, 0.717) is 11.4 Å². The maximum absolute atomic E-state index is 12.4. The van der Waals surface area contributed by atoms with Crippen LogP contribution in [0.5, 0.6) is 5.75 Å². The molecule has 0 aliphatic rings. The molecule has 0 atom stereocenters. The van der Waals surface area contributed by atoms with Crippen LogP contribution in [0.15, 0.2) is 47.4 Å². The van der Waals surface area contributed by atoms with Crippen molar-refractivity contribution in [3.05, 3.63) is 53.6 Å². The Balaban J connectivity index is 2.15. The predicted molar refractivity (Wildman–Crippen MR) is 102 cm³/mol. The normalized spacial score (nSPS) is 11.2. The highest BCUT2D eigenvalue weighted by Gasteiger charge is 2.18. The average molecular weight is 376 g/mol. The van der Waals surface area contributed by atoms with Gasteiger partial charge in [0.2, 0.25) is 15.9 Å². The van der Waals surface area contributed by atoms with Crippen molar-refractivity contribution in [3.8, 4) is 5.75 Å². The molecule has 0 aliphatic heterocycles. The van der Waals surface area contributed by atoms with Crippen molar-refractivity contribution in [1.29, 1.82) is 0 Å². The first-order valence-electron chi connectivity index (χ1n) is 8.23. The molecule has 140 valence electrons. The number of ether oxygens (including phenoxy) is 1. The maximum Gasteiger partial charge on any atom is 0.240 e. The van der Waals surface area contributed by atoms with E-state index in [1.165, 1.54) is 18.9 Å². The lowest BCUT2D eigenvalue weighted by Crippen LogP contribution is -2.37. The van der Waals surface area contributed by atoms with Gasteiger partial charge in [0.1, 0.15) is 5.75 Å². The summed E-state index contributed by atoms with van der Waals surface area (Å²) in [5.74, 6) is 0.371. The van der Waals surface area contributed by atoms with Crippen molar-refractivity contribution in [3.63, 3.8) is 0 Å². The number of amides is 1. The summed E-state index contributed by atoms with van der Waals surface area (Å²) in [7, 11) is -2.09. The zero-order valence-electron chi connectivity index (χ0n) is 15.4. The van der Waals surface area contributed by atoms with Crippen LogP contribution in [0, 0.1) is 13.8 Å². The van der Waals surface area contributed by atoms with Crippen molar-refractivity contribution >= 4 is 21.6 Å². The lowest BCUT2D eigenvalue weighted by atomic mass is 10.2. The SMILES string of the molecule is COc1ccc(C)cc1N(CCNS(=O)(=O)c1cccc(C)c1)C(C)=O. The van der Waals surface area contributed by atoms with E-state index in [2.05, 4.69) is 4.72 Å². The molecular formula is C19H24N2O4S. The second-order valence-electron chi connectivity index (χ2n) is 6.06. The van der Waals surface area contributed by atoms with Gasteiger partial charge in [-0.05, 0) is 49.2 Å². The van der Waals surface area contributed by atoms with E-state index in [-0.39, 0.29) is 23.9 Å². The highest BCUT2D eigenvalue weighted by molar-refractivity contribution is 7.89. The summed E-state index contributed by atoms with van der Waals surface area (Å²) in [6.45, 7) is 5.48. The van der Waals surface area contributed by atoms with E-state index in [0.717, 1.165) is 11.1 Å². The molecule has 2 aromatic carbocycles. The third kappa shape index (κ3) is 4.83. The number of methoxy groups -OCH3 is 1. The molecule has 0 aromatic heterocycles. The minimum absolute atomic E-state index is 0.0902. The molecule has 0 heterocycles. The average Bonchev–Trinajstić information content (AvgIpc) is 2.58. The first-order valence-corrected chi connectivity index (χ1v) is 9.72. The van der Waals surface area contributed by atoms with Crippen LogP contribution in [0.25, 0.3) is 0 Å². The molecule has 0 saturated carbocycles. The first-order chi connectivity index (χ1) is 12.2. The smallest absolute Gasteiger partial charge is 0.240 e. The van der Waals surface area contributed by atoms with Gasteiger partial charge in [0.05, 0.1) is 17.7 Å². The number of sulfonamides is 1. The lowest BCUT2D eigenvalue weighted by Gasteiger charge is -2.24. The third-order valence-electron chi connectivity index (χ3n) is 3.93. The number of aryl methyl sites for hydroxylation is 2. The van der Waals surface area contributed by atoms with E-state index in [4.69, 9.17) is 4.74 Å². The quantitative estimate of drug-likeness (QED) is 0.806. The Morgan fingerprint density at radius 3 is 2.42 bits per heavy atom. The van der Waals surface area contributed by atoms with Crippen molar-refractivity contribution in [1.82, 2.24) is 4.72 Å². The summed E-state index contributed by atoms with van der Waals surface area (Å²) >= 11 is 0. The van der Waals surface area contributed by atoms with E-state index in [9.17, 15) is 13.2 Å². The molecule has 0 spiro atoms. The van der Waals surface area contributed by atoms with E-state index < -0.39 is 10.0 Å². The number of nitrogens with one attached hydrogen (secondary N) is 1. The highest BCUT2D eigenvalue weighted by Crippen LogP contribution is 2.29. The van der Waals surface area contributed by atoms with Crippen LogP contribution in [-0.4, -0.2) is 34.5 Å². The van der Waals surface area contributed by atoms with Gasteiger partial charge in [0.15, 0.2) is 0 Å². The Bertz CT molecular complexity index is 894. The number of carbonyl (C=O) groups excluding carboxylic acids is 1. The molecule has 1 amide bonds. The number of carbonyl (C=O) groups is 1. The van der Waals surface area contributed by atoms with Gasteiger partial charge in [-0.2, -0.15) is 0 Å². The summed E-state index contributed by atoms with van der Waals surface area (Å²) in [5, 5.41) is 0. The highest BCUT2D eigenvalue weighted by atomic mass is 32.2. The molecule has 0 bridgehead atoms. The number of nitrogens with zero attached hydrogens (tertiary/aromatic N) is 1. The predicted octanol–water partition coefficient (Wildman–Crippen LogP) is 2.64. The first kappa shape index (κ1) is 19.9. The largest absolute Gasteiger partial charge is 0.495 e. The molecule has 6 nitrogen and oxygen atoms in total. The van der Waals surface area contributed by atoms with Gasteiger partial charge < -0.3 is 9.64 Å². The van der Waals surface area contributed by atoms with E-state index >= 15 is 0 Å². The van der Waals surface area contributed by atoms with Gasteiger partial charge in [0, 0.05) is 20.0 Å². The molecule has 0 saturated heterocycles. The van der Waals surface area contributed by atoms with Gasteiger partial charge >= 0.3 is 0 Å². The number of hydrogen-bond acceptors (Lipinski definition) is 4. The van der Waals surface area contributed by atoms with Crippen molar-refractivity contribution in [2.75, 3.05) is 25.1 Å². The Morgan fingerprint density at radius 2 is 1.81 bits per heavy atom. The van der Waals surface area contributed by atoms with Crippen LogP contribution in [0.3, 0.4) is 0 Å². The minimum Gasteiger partial charge on any atom is -0.495 e.